The summed E-state index contributed by atoms with van der Waals surface area (Å²) >= 11 is 3.62. The van der Waals surface area contributed by atoms with Crippen molar-refractivity contribution in [1.29, 1.82) is 0 Å². The summed E-state index contributed by atoms with van der Waals surface area (Å²) in [6.07, 6.45) is 4.31. The number of alkyl halides is 1. The lowest BCUT2D eigenvalue weighted by Gasteiger charge is -2.28. The van der Waals surface area contributed by atoms with Crippen LogP contribution in [0.15, 0.2) is 70.0 Å². The van der Waals surface area contributed by atoms with Gasteiger partial charge in [0.1, 0.15) is 5.76 Å². The fraction of sp³-hybridized carbons (Fsp3) is 0.261. The molecule has 1 aromatic heterocycles. The molecule has 28 heavy (non-hydrogen) atoms. The van der Waals surface area contributed by atoms with E-state index in [4.69, 9.17) is 4.42 Å². The van der Waals surface area contributed by atoms with Gasteiger partial charge in [0, 0.05) is 24.9 Å². The van der Waals surface area contributed by atoms with E-state index in [1.807, 2.05) is 37.3 Å². The highest BCUT2D eigenvalue weighted by Crippen LogP contribution is 2.37. The molecule has 0 saturated heterocycles. The minimum atomic E-state index is -0.270. The number of nitrogens with zero attached hydrogens (tertiary/aromatic N) is 1. The molecule has 0 fully saturated rings. The highest BCUT2D eigenvalue weighted by molar-refractivity contribution is 9.09. The fourth-order valence-corrected chi connectivity index (χ4v) is 4.11. The van der Waals surface area contributed by atoms with Crippen molar-refractivity contribution in [3.8, 4) is 0 Å². The number of rotatable bonds is 4. The van der Waals surface area contributed by atoms with E-state index in [2.05, 4.69) is 51.3 Å². The summed E-state index contributed by atoms with van der Waals surface area (Å²) in [6.45, 7) is 3.92. The minimum absolute atomic E-state index is 0. The van der Waals surface area contributed by atoms with E-state index in [9.17, 15) is 4.79 Å². The molecule has 0 saturated carbocycles. The lowest BCUT2D eigenvalue weighted by Crippen LogP contribution is -2.22. The molecule has 0 spiro atoms. The maximum atomic E-state index is 12.4. The Hall–Kier alpha value is -1.85. The standard InChI is InChI=1S/C23H22BrNO2.BrH/c1-16(24)22-21(19-11-5-6-12-20(19)23(26)27-22)18-10-7-13-25(15-18)14-17-8-3-2-4-9-17;/h2-6,8-9,11-12,15-16H,7,10,13-14H2,1H3;1H. The van der Waals surface area contributed by atoms with E-state index in [0.29, 0.717) is 11.1 Å². The Morgan fingerprint density at radius 3 is 2.46 bits per heavy atom. The Kier molecular flexibility index (Phi) is 6.78. The van der Waals surface area contributed by atoms with Gasteiger partial charge in [0.25, 0.3) is 0 Å². The van der Waals surface area contributed by atoms with Crippen molar-refractivity contribution >= 4 is 49.3 Å². The van der Waals surface area contributed by atoms with Crippen molar-refractivity contribution in [2.75, 3.05) is 6.54 Å². The van der Waals surface area contributed by atoms with Crippen molar-refractivity contribution in [3.05, 3.63) is 88.1 Å². The van der Waals surface area contributed by atoms with E-state index in [-0.39, 0.29) is 27.4 Å². The average Bonchev–Trinajstić information content (AvgIpc) is 2.69. The number of benzene rings is 2. The fourth-order valence-electron chi connectivity index (χ4n) is 3.78. The van der Waals surface area contributed by atoms with Crippen molar-refractivity contribution in [2.24, 2.45) is 0 Å². The summed E-state index contributed by atoms with van der Waals surface area (Å²) in [5.41, 5.74) is 3.33. The molecule has 1 aliphatic rings. The van der Waals surface area contributed by atoms with Crippen LogP contribution >= 0.6 is 32.9 Å². The number of hydrogen-bond donors (Lipinski definition) is 0. The SMILES string of the molecule is Br.CC(Br)c1oc(=O)c2ccccc2c1C1=CN(Cc2ccccc2)CCC1. The molecule has 0 amide bonds. The van der Waals surface area contributed by atoms with Crippen molar-refractivity contribution in [3.63, 3.8) is 0 Å². The molecule has 0 N–H and O–H groups in total. The molecule has 2 aromatic carbocycles. The molecule has 0 bridgehead atoms. The Morgan fingerprint density at radius 1 is 1.07 bits per heavy atom. The second-order valence-corrected chi connectivity index (χ2v) is 8.38. The summed E-state index contributed by atoms with van der Waals surface area (Å²) in [6, 6.07) is 18.3. The van der Waals surface area contributed by atoms with E-state index in [0.717, 1.165) is 36.9 Å². The van der Waals surface area contributed by atoms with Crippen LogP contribution in [0.2, 0.25) is 0 Å². The van der Waals surface area contributed by atoms with Crippen LogP contribution in [0.25, 0.3) is 16.3 Å². The third kappa shape index (κ3) is 4.26. The first-order valence-electron chi connectivity index (χ1n) is 9.32. The first-order valence-corrected chi connectivity index (χ1v) is 10.2. The van der Waals surface area contributed by atoms with Crippen molar-refractivity contribution in [1.82, 2.24) is 4.90 Å². The Morgan fingerprint density at radius 2 is 1.75 bits per heavy atom. The zero-order valence-electron chi connectivity index (χ0n) is 15.7. The molecule has 0 aliphatic carbocycles. The van der Waals surface area contributed by atoms with Crippen LogP contribution in [0.5, 0.6) is 0 Å². The van der Waals surface area contributed by atoms with Gasteiger partial charge in [0.05, 0.1) is 10.2 Å². The predicted octanol–water partition coefficient (Wildman–Crippen LogP) is 6.46. The predicted molar refractivity (Wildman–Crippen MR) is 124 cm³/mol. The Labute approximate surface area is 184 Å². The second-order valence-electron chi connectivity index (χ2n) is 7.00. The average molecular weight is 505 g/mol. The van der Waals surface area contributed by atoms with Crippen LogP contribution < -0.4 is 5.63 Å². The number of hydrogen-bond acceptors (Lipinski definition) is 3. The lowest BCUT2D eigenvalue weighted by molar-refractivity contribution is 0.352. The molecule has 1 unspecified atom stereocenters. The molecule has 3 aromatic rings. The molecule has 1 aliphatic heterocycles. The molecular formula is C23H23Br2NO2. The van der Waals surface area contributed by atoms with Crippen LogP contribution in [-0.4, -0.2) is 11.4 Å². The number of halogens is 2. The molecule has 2 heterocycles. The Bertz CT molecular complexity index is 1040. The van der Waals surface area contributed by atoms with E-state index < -0.39 is 0 Å². The van der Waals surface area contributed by atoms with Gasteiger partial charge < -0.3 is 9.32 Å². The van der Waals surface area contributed by atoms with Crippen LogP contribution in [-0.2, 0) is 6.54 Å². The first kappa shape index (κ1) is 20.9. The summed E-state index contributed by atoms with van der Waals surface area (Å²) in [5, 5.41) is 1.62. The van der Waals surface area contributed by atoms with Crippen LogP contribution in [0.1, 0.15) is 41.5 Å². The summed E-state index contributed by atoms with van der Waals surface area (Å²) in [4.78, 5) is 14.8. The van der Waals surface area contributed by atoms with Gasteiger partial charge in [-0.1, -0.05) is 64.5 Å². The lowest BCUT2D eigenvalue weighted by atomic mass is 9.93. The van der Waals surface area contributed by atoms with Crippen LogP contribution in [0.3, 0.4) is 0 Å². The zero-order valence-corrected chi connectivity index (χ0v) is 19.0. The van der Waals surface area contributed by atoms with Gasteiger partial charge in [-0.15, -0.1) is 17.0 Å². The third-order valence-corrected chi connectivity index (χ3v) is 5.42. The largest absolute Gasteiger partial charge is 0.426 e. The maximum absolute atomic E-state index is 12.4. The summed E-state index contributed by atoms with van der Waals surface area (Å²) < 4.78 is 5.73. The van der Waals surface area contributed by atoms with Crippen molar-refractivity contribution < 1.29 is 4.42 Å². The van der Waals surface area contributed by atoms with Gasteiger partial charge in [-0.3, -0.25) is 0 Å². The van der Waals surface area contributed by atoms with Crippen molar-refractivity contribution in [2.45, 2.75) is 31.1 Å². The monoisotopic (exact) mass is 503 g/mol. The van der Waals surface area contributed by atoms with E-state index in [1.165, 1.54) is 11.1 Å². The molecule has 0 radical (unpaired) electrons. The highest BCUT2D eigenvalue weighted by atomic mass is 79.9. The van der Waals surface area contributed by atoms with Crippen LogP contribution in [0.4, 0.5) is 0 Å². The number of fused-ring (bicyclic) bond motifs is 1. The molecular weight excluding hydrogens is 482 g/mol. The minimum Gasteiger partial charge on any atom is -0.426 e. The molecule has 5 heteroatoms. The van der Waals surface area contributed by atoms with Gasteiger partial charge in [-0.05, 0) is 42.4 Å². The maximum Gasteiger partial charge on any atom is 0.343 e. The molecule has 1 atom stereocenters. The third-order valence-electron chi connectivity index (χ3n) is 5.01. The normalized spacial score (nSPS) is 15.1. The second kappa shape index (κ2) is 9.10. The highest BCUT2D eigenvalue weighted by Gasteiger charge is 2.22. The topological polar surface area (TPSA) is 33.5 Å². The molecule has 3 nitrogen and oxygen atoms in total. The smallest absolute Gasteiger partial charge is 0.343 e. The Balaban J connectivity index is 0.00000225. The summed E-state index contributed by atoms with van der Waals surface area (Å²) in [5.74, 6) is 0.714. The van der Waals surface area contributed by atoms with Gasteiger partial charge in [0.15, 0.2) is 0 Å². The van der Waals surface area contributed by atoms with Gasteiger partial charge in [-0.25, -0.2) is 4.79 Å². The quantitative estimate of drug-likeness (QED) is 0.382. The summed E-state index contributed by atoms with van der Waals surface area (Å²) in [7, 11) is 0. The number of allylic oxidation sites excluding steroid dienone is 1. The zero-order chi connectivity index (χ0) is 18.8. The van der Waals surface area contributed by atoms with Gasteiger partial charge in [0.2, 0.25) is 0 Å². The molecule has 4 rings (SSSR count). The van der Waals surface area contributed by atoms with Gasteiger partial charge in [-0.2, -0.15) is 0 Å². The molecule has 146 valence electrons. The van der Waals surface area contributed by atoms with Crippen LogP contribution in [0, 0.1) is 0 Å². The first-order chi connectivity index (χ1) is 13.1. The van der Waals surface area contributed by atoms with E-state index in [1.54, 1.807) is 0 Å². The van der Waals surface area contributed by atoms with Gasteiger partial charge >= 0.3 is 5.63 Å². The van der Waals surface area contributed by atoms with E-state index >= 15 is 0 Å².